The van der Waals surface area contributed by atoms with Crippen LogP contribution in [-0.4, -0.2) is 11.4 Å². The van der Waals surface area contributed by atoms with Crippen LogP contribution in [-0.2, 0) is 4.79 Å². The van der Waals surface area contributed by atoms with Crippen LogP contribution in [0.15, 0.2) is 24.3 Å². The number of anilines is 1. The summed E-state index contributed by atoms with van der Waals surface area (Å²) in [5.41, 5.74) is 0.903. The van der Waals surface area contributed by atoms with Gasteiger partial charge in [-0.1, -0.05) is 23.5 Å². The number of hydrogen-bond acceptors (Lipinski definition) is 3. The molecule has 0 fully saturated rings. The van der Waals surface area contributed by atoms with Crippen LogP contribution in [0.25, 0.3) is 10.2 Å². The molecule has 3 nitrogen and oxygen atoms in total. The molecule has 0 saturated heterocycles. The van der Waals surface area contributed by atoms with E-state index in [4.69, 9.17) is 0 Å². The number of rotatable bonds is 2. The molecule has 0 saturated carbocycles. The van der Waals surface area contributed by atoms with Crippen LogP contribution in [0, 0.1) is 0 Å². The van der Waals surface area contributed by atoms with Crippen molar-refractivity contribution in [3.8, 4) is 0 Å². The van der Waals surface area contributed by atoms with Crippen molar-refractivity contribution in [2.75, 3.05) is 5.32 Å². The van der Waals surface area contributed by atoms with Crippen molar-refractivity contribution >= 4 is 33.1 Å². The maximum Gasteiger partial charge on any atom is 0.315 e. The smallest absolute Gasteiger partial charge is 0.294 e. The fraction of sp³-hybridized carbons (Fsp3) is 0. The minimum atomic E-state index is 0.589. The predicted octanol–water partition coefficient (Wildman–Crippen LogP) is 1.78. The number of thiazole rings is 1. The number of carbonyl (C=O) groups excluding carboxylic acids is 1. The molecule has 1 aromatic heterocycles. The normalized spacial score (nSPS) is 10.0. The van der Waals surface area contributed by atoms with E-state index in [0.717, 1.165) is 10.2 Å². The van der Waals surface area contributed by atoms with Crippen LogP contribution in [0.5, 0.6) is 0 Å². The van der Waals surface area contributed by atoms with Gasteiger partial charge in [0.2, 0.25) is 0 Å². The highest BCUT2D eigenvalue weighted by molar-refractivity contribution is 7.22. The van der Waals surface area contributed by atoms with Gasteiger partial charge < -0.3 is 0 Å². The molecule has 0 unspecified atom stereocenters. The van der Waals surface area contributed by atoms with Crippen molar-refractivity contribution in [2.24, 2.45) is 0 Å². The Bertz CT molecular complexity index is 377. The summed E-state index contributed by atoms with van der Waals surface area (Å²) in [6.07, 6.45) is 1.59. The van der Waals surface area contributed by atoms with Gasteiger partial charge in [-0.2, -0.15) is 0 Å². The number of fused-ring (bicyclic) bond motifs is 1. The summed E-state index contributed by atoms with van der Waals surface area (Å²) in [5.74, 6) is 0. The quantitative estimate of drug-likeness (QED) is 0.710. The standard InChI is InChI=1S/C8H5N2OS/c11-5-9-8-10-6-3-1-2-4-7(6)12-8/h1-4H,(H,9,10,11). The van der Waals surface area contributed by atoms with Gasteiger partial charge in [0.15, 0.2) is 5.13 Å². The first kappa shape index (κ1) is 7.24. The van der Waals surface area contributed by atoms with Gasteiger partial charge in [0.05, 0.1) is 10.2 Å². The van der Waals surface area contributed by atoms with E-state index in [1.165, 1.54) is 11.3 Å². The summed E-state index contributed by atoms with van der Waals surface area (Å²) in [4.78, 5) is 14.1. The average Bonchev–Trinajstić information content (AvgIpc) is 2.47. The van der Waals surface area contributed by atoms with Gasteiger partial charge in [-0.05, 0) is 12.1 Å². The molecular weight excluding hydrogens is 172 g/mol. The second-order valence-electron chi connectivity index (χ2n) is 2.21. The summed E-state index contributed by atoms with van der Waals surface area (Å²) in [6, 6.07) is 7.72. The SMILES string of the molecule is O=[C]Nc1nc2ccccc2s1. The Morgan fingerprint density at radius 3 is 3.00 bits per heavy atom. The lowest BCUT2D eigenvalue weighted by atomic mass is 10.3. The van der Waals surface area contributed by atoms with Crippen molar-refractivity contribution in [1.82, 2.24) is 4.98 Å². The molecule has 4 heteroatoms. The Morgan fingerprint density at radius 1 is 1.42 bits per heavy atom. The van der Waals surface area contributed by atoms with Crippen LogP contribution in [0.2, 0.25) is 0 Å². The van der Waals surface area contributed by atoms with Gasteiger partial charge in [-0.15, -0.1) is 0 Å². The summed E-state index contributed by atoms with van der Waals surface area (Å²) in [6.45, 7) is 0. The number of aromatic nitrogens is 1. The monoisotopic (exact) mass is 177 g/mol. The zero-order valence-corrected chi connectivity index (χ0v) is 6.89. The minimum absolute atomic E-state index is 0.589. The molecule has 2 rings (SSSR count). The molecule has 12 heavy (non-hydrogen) atoms. The van der Waals surface area contributed by atoms with Crippen molar-refractivity contribution in [1.29, 1.82) is 0 Å². The first-order valence-corrected chi connectivity index (χ1v) is 4.20. The molecule has 0 atom stereocenters. The molecule has 1 N–H and O–H groups in total. The van der Waals surface area contributed by atoms with Gasteiger partial charge in [0, 0.05) is 0 Å². The number of benzene rings is 1. The van der Waals surface area contributed by atoms with Crippen LogP contribution < -0.4 is 5.32 Å². The lowest BCUT2D eigenvalue weighted by Gasteiger charge is -1.82. The van der Waals surface area contributed by atoms with Crippen LogP contribution >= 0.6 is 11.3 Å². The fourth-order valence-electron chi connectivity index (χ4n) is 0.969. The molecule has 2 aromatic rings. The molecule has 0 bridgehead atoms. The molecule has 0 aliphatic rings. The van der Waals surface area contributed by atoms with Crippen molar-refractivity contribution < 1.29 is 4.79 Å². The summed E-state index contributed by atoms with van der Waals surface area (Å²) in [5, 5.41) is 2.99. The largest absolute Gasteiger partial charge is 0.315 e. The maximum absolute atomic E-state index is 9.98. The minimum Gasteiger partial charge on any atom is -0.294 e. The van der Waals surface area contributed by atoms with Gasteiger partial charge in [0.25, 0.3) is 0 Å². The number of amides is 1. The van der Waals surface area contributed by atoms with Gasteiger partial charge in [-0.25, -0.2) is 4.98 Å². The molecule has 0 spiro atoms. The number of para-hydroxylation sites is 1. The van der Waals surface area contributed by atoms with E-state index >= 15 is 0 Å². The van der Waals surface area contributed by atoms with Crippen LogP contribution in [0.1, 0.15) is 0 Å². The van der Waals surface area contributed by atoms with Crippen LogP contribution in [0.4, 0.5) is 5.13 Å². The van der Waals surface area contributed by atoms with Crippen molar-refractivity contribution in [3.63, 3.8) is 0 Å². The Balaban J connectivity index is 2.54. The van der Waals surface area contributed by atoms with Crippen molar-refractivity contribution in [3.05, 3.63) is 24.3 Å². The average molecular weight is 177 g/mol. The Morgan fingerprint density at radius 2 is 2.25 bits per heavy atom. The molecule has 0 aliphatic heterocycles. The number of nitrogens with zero attached hydrogens (tertiary/aromatic N) is 1. The molecule has 0 aliphatic carbocycles. The van der Waals surface area contributed by atoms with E-state index in [9.17, 15) is 4.79 Å². The Labute approximate surface area is 73.0 Å². The third-order valence-corrected chi connectivity index (χ3v) is 2.40. The highest BCUT2D eigenvalue weighted by Gasteiger charge is 2.00. The second-order valence-corrected chi connectivity index (χ2v) is 3.24. The van der Waals surface area contributed by atoms with Gasteiger partial charge in [-0.3, -0.25) is 10.1 Å². The summed E-state index contributed by atoms with van der Waals surface area (Å²) >= 11 is 1.44. The van der Waals surface area contributed by atoms with E-state index in [2.05, 4.69) is 10.3 Å². The zero-order valence-electron chi connectivity index (χ0n) is 6.07. The lowest BCUT2D eigenvalue weighted by Crippen LogP contribution is -1.90. The molecule has 1 heterocycles. The van der Waals surface area contributed by atoms with Crippen LogP contribution in [0.3, 0.4) is 0 Å². The third-order valence-electron chi connectivity index (χ3n) is 1.45. The van der Waals surface area contributed by atoms with Crippen molar-refractivity contribution in [2.45, 2.75) is 0 Å². The molecule has 1 amide bonds. The molecular formula is C8H5N2OS. The van der Waals surface area contributed by atoms with Gasteiger partial charge in [0.1, 0.15) is 0 Å². The van der Waals surface area contributed by atoms with E-state index in [1.54, 1.807) is 6.41 Å². The van der Waals surface area contributed by atoms with E-state index in [-0.39, 0.29) is 0 Å². The van der Waals surface area contributed by atoms with E-state index < -0.39 is 0 Å². The third kappa shape index (κ3) is 1.16. The lowest BCUT2D eigenvalue weighted by molar-refractivity contribution is 0.561. The Kier molecular flexibility index (Phi) is 1.75. The molecule has 1 radical (unpaired) electrons. The first-order chi connectivity index (χ1) is 5.90. The van der Waals surface area contributed by atoms with E-state index in [0.29, 0.717) is 5.13 Å². The maximum atomic E-state index is 9.98. The predicted molar refractivity (Wildman–Crippen MR) is 48.9 cm³/mol. The van der Waals surface area contributed by atoms with E-state index in [1.807, 2.05) is 24.3 Å². The van der Waals surface area contributed by atoms with Gasteiger partial charge >= 0.3 is 6.41 Å². The fourth-order valence-corrected chi connectivity index (χ4v) is 1.78. The number of nitrogens with one attached hydrogen (secondary N) is 1. The Hall–Kier alpha value is -1.42. The number of hydrogen-bond donors (Lipinski definition) is 1. The summed E-state index contributed by atoms with van der Waals surface area (Å²) in [7, 11) is 0. The highest BCUT2D eigenvalue weighted by Crippen LogP contribution is 2.24. The zero-order chi connectivity index (χ0) is 8.39. The first-order valence-electron chi connectivity index (χ1n) is 3.39. The summed E-state index contributed by atoms with van der Waals surface area (Å²) < 4.78 is 1.07. The molecule has 59 valence electrons. The highest BCUT2D eigenvalue weighted by atomic mass is 32.1. The molecule has 1 aromatic carbocycles. The topological polar surface area (TPSA) is 42.0 Å². The second kappa shape index (κ2) is 2.91.